The molecule has 2 heterocycles. The molecule has 0 atom stereocenters. The summed E-state index contributed by atoms with van der Waals surface area (Å²) in [4.78, 5) is 16.9. The number of ether oxygens (including phenoxy) is 1. The van der Waals surface area contributed by atoms with Gasteiger partial charge in [0.15, 0.2) is 16.1 Å². The van der Waals surface area contributed by atoms with Gasteiger partial charge in [-0.2, -0.15) is 0 Å². The summed E-state index contributed by atoms with van der Waals surface area (Å²) in [7, 11) is 0. The third kappa shape index (κ3) is 6.06. The van der Waals surface area contributed by atoms with Crippen LogP contribution in [0.1, 0.15) is 12.7 Å². The van der Waals surface area contributed by atoms with Gasteiger partial charge in [-0.15, -0.1) is 21.5 Å². The van der Waals surface area contributed by atoms with Gasteiger partial charge in [0.25, 0.3) is 0 Å². The van der Waals surface area contributed by atoms with Gasteiger partial charge in [-0.1, -0.05) is 35.0 Å². The number of amides is 1. The van der Waals surface area contributed by atoms with Crippen LogP contribution in [0.25, 0.3) is 11.3 Å². The molecule has 4 rings (SSSR count). The topological polar surface area (TPSA) is 81.9 Å². The van der Waals surface area contributed by atoms with Gasteiger partial charge in [0.2, 0.25) is 5.91 Å². The average Bonchev–Trinajstić information content (AvgIpc) is 3.43. The third-order valence-corrected chi connectivity index (χ3v) is 6.85. The van der Waals surface area contributed by atoms with Crippen molar-refractivity contribution in [2.24, 2.45) is 0 Å². The Morgan fingerprint density at radius 3 is 2.74 bits per heavy atom. The van der Waals surface area contributed by atoms with Crippen LogP contribution < -0.4 is 10.1 Å². The number of hydrogen-bond donors (Lipinski definition) is 1. The molecule has 0 radical (unpaired) electrons. The van der Waals surface area contributed by atoms with Crippen molar-refractivity contribution >= 4 is 57.3 Å². The van der Waals surface area contributed by atoms with Gasteiger partial charge in [0.05, 0.1) is 16.5 Å². The lowest BCUT2D eigenvalue weighted by atomic mass is 10.2. The molecule has 2 aromatic heterocycles. The second kappa shape index (κ2) is 11.2. The van der Waals surface area contributed by atoms with Crippen molar-refractivity contribution in [3.05, 3.63) is 69.5 Å². The monoisotopic (exact) mass is 537 g/mol. The molecule has 0 saturated heterocycles. The van der Waals surface area contributed by atoms with E-state index in [9.17, 15) is 9.18 Å². The van der Waals surface area contributed by atoms with E-state index in [4.69, 9.17) is 27.9 Å². The molecule has 7 nitrogen and oxygen atoms in total. The molecule has 0 unspecified atom stereocenters. The lowest BCUT2D eigenvalue weighted by molar-refractivity contribution is -0.113. The quantitative estimate of drug-likeness (QED) is 0.257. The molecular weight excluding hydrogens is 520 g/mol. The Morgan fingerprint density at radius 2 is 2.00 bits per heavy atom. The zero-order valence-electron chi connectivity index (χ0n) is 17.8. The van der Waals surface area contributed by atoms with Crippen molar-refractivity contribution < 1.29 is 13.9 Å². The minimum atomic E-state index is -0.330. The Morgan fingerprint density at radius 1 is 1.21 bits per heavy atom. The Labute approximate surface area is 213 Å². The standard InChI is InChI=1S/C22H18Cl2FN5O2S2/c1-2-30-19(10-32-15-6-4-14(25)5-7-15)28-29-22(30)34-12-20(31)27-21-26-18(11-33-21)16-8-3-13(23)9-17(16)24/h3-9,11H,2,10,12H2,1H3,(H,26,27,31). The Kier molecular flexibility index (Phi) is 8.04. The van der Waals surface area contributed by atoms with Crippen LogP contribution in [0.15, 0.2) is 53.0 Å². The van der Waals surface area contributed by atoms with E-state index in [1.165, 1.54) is 35.2 Å². The van der Waals surface area contributed by atoms with Gasteiger partial charge in [-0.3, -0.25) is 4.79 Å². The van der Waals surface area contributed by atoms with Crippen LogP contribution >= 0.6 is 46.3 Å². The van der Waals surface area contributed by atoms with E-state index in [2.05, 4.69) is 20.5 Å². The van der Waals surface area contributed by atoms with E-state index in [1.807, 2.05) is 16.9 Å². The molecule has 0 aliphatic carbocycles. The normalized spacial score (nSPS) is 10.9. The highest BCUT2D eigenvalue weighted by molar-refractivity contribution is 7.99. The van der Waals surface area contributed by atoms with Crippen molar-refractivity contribution in [3.63, 3.8) is 0 Å². The maximum absolute atomic E-state index is 13.0. The van der Waals surface area contributed by atoms with Crippen LogP contribution in [0.2, 0.25) is 10.0 Å². The average molecular weight is 538 g/mol. The highest BCUT2D eigenvalue weighted by Crippen LogP contribution is 2.32. The number of halogens is 3. The molecule has 2 aromatic carbocycles. The molecule has 0 saturated carbocycles. The number of rotatable bonds is 9. The summed E-state index contributed by atoms with van der Waals surface area (Å²) < 4.78 is 20.6. The van der Waals surface area contributed by atoms with Crippen molar-refractivity contribution in [1.29, 1.82) is 0 Å². The van der Waals surface area contributed by atoms with E-state index in [1.54, 1.807) is 30.3 Å². The van der Waals surface area contributed by atoms with Crippen LogP contribution in [0.5, 0.6) is 5.75 Å². The zero-order valence-corrected chi connectivity index (χ0v) is 20.9. The predicted molar refractivity (Wildman–Crippen MR) is 133 cm³/mol. The maximum atomic E-state index is 13.0. The molecule has 1 amide bonds. The first-order valence-electron chi connectivity index (χ1n) is 10.1. The van der Waals surface area contributed by atoms with Gasteiger partial charge in [0.1, 0.15) is 18.2 Å². The molecule has 34 heavy (non-hydrogen) atoms. The summed E-state index contributed by atoms with van der Waals surface area (Å²) in [6.07, 6.45) is 0. The van der Waals surface area contributed by atoms with Crippen molar-refractivity contribution in [2.75, 3.05) is 11.1 Å². The molecule has 176 valence electrons. The molecule has 0 spiro atoms. The predicted octanol–water partition coefficient (Wildman–Crippen LogP) is 6.18. The highest BCUT2D eigenvalue weighted by atomic mass is 35.5. The lowest BCUT2D eigenvalue weighted by Gasteiger charge is -2.08. The molecule has 0 fully saturated rings. The molecule has 0 bridgehead atoms. The lowest BCUT2D eigenvalue weighted by Crippen LogP contribution is -2.14. The van der Waals surface area contributed by atoms with E-state index < -0.39 is 0 Å². The van der Waals surface area contributed by atoms with Crippen molar-refractivity contribution in [1.82, 2.24) is 19.7 Å². The van der Waals surface area contributed by atoms with E-state index in [0.29, 0.717) is 44.1 Å². The van der Waals surface area contributed by atoms with E-state index >= 15 is 0 Å². The van der Waals surface area contributed by atoms with E-state index in [0.717, 1.165) is 5.56 Å². The minimum Gasteiger partial charge on any atom is -0.486 e. The SMILES string of the molecule is CCn1c(COc2ccc(F)cc2)nnc1SCC(=O)Nc1nc(-c2ccc(Cl)cc2Cl)cs1. The number of carbonyl (C=O) groups is 1. The molecule has 0 aliphatic rings. The summed E-state index contributed by atoms with van der Waals surface area (Å²) >= 11 is 14.8. The van der Waals surface area contributed by atoms with Crippen molar-refractivity contribution in [2.45, 2.75) is 25.2 Å². The number of thiazole rings is 1. The third-order valence-electron chi connectivity index (χ3n) is 4.58. The number of hydrogen-bond acceptors (Lipinski definition) is 7. The Balaban J connectivity index is 1.33. The van der Waals surface area contributed by atoms with Gasteiger partial charge in [-0.05, 0) is 49.4 Å². The molecule has 4 aromatic rings. The zero-order chi connectivity index (χ0) is 24.1. The molecular formula is C22H18Cl2FN5O2S2. The molecule has 0 aliphatic heterocycles. The van der Waals surface area contributed by atoms with Crippen LogP contribution in [-0.2, 0) is 17.9 Å². The molecule has 1 N–H and O–H groups in total. The summed E-state index contributed by atoms with van der Waals surface area (Å²) in [6, 6.07) is 10.9. The van der Waals surface area contributed by atoms with Crippen LogP contribution in [0.4, 0.5) is 9.52 Å². The number of carbonyl (C=O) groups excluding carboxylic acids is 1. The largest absolute Gasteiger partial charge is 0.486 e. The minimum absolute atomic E-state index is 0.133. The Bertz CT molecular complexity index is 1300. The van der Waals surface area contributed by atoms with Crippen molar-refractivity contribution in [3.8, 4) is 17.0 Å². The first-order valence-corrected chi connectivity index (χ1v) is 12.7. The van der Waals surface area contributed by atoms with E-state index in [-0.39, 0.29) is 24.1 Å². The Hall–Kier alpha value is -2.66. The number of anilines is 1. The van der Waals surface area contributed by atoms with Crippen LogP contribution in [0, 0.1) is 5.82 Å². The van der Waals surface area contributed by atoms with Gasteiger partial charge >= 0.3 is 0 Å². The first-order chi connectivity index (χ1) is 16.4. The number of aromatic nitrogens is 4. The second-order valence-corrected chi connectivity index (χ2v) is 9.53. The fraction of sp³-hybridized carbons (Fsp3) is 0.182. The summed E-state index contributed by atoms with van der Waals surface area (Å²) in [5.74, 6) is 0.724. The first kappa shape index (κ1) is 24.5. The van der Waals surface area contributed by atoms with Gasteiger partial charge < -0.3 is 14.6 Å². The number of thioether (sulfide) groups is 1. The smallest absolute Gasteiger partial charge is 0.236 e. The fourth-order valence-corrected chi connectivity index (χ4v) is 5.02. The summed E-state index contributed by atoms with van der Waals surface area (Å²) in [5, 5.41) is 15.0. The molecule has 12 heteroatoms. The fourth-order valence-electron chi connectivity index (χ4n) is 2.97. The summed E-state index contributed by atoms with van der Waals surface area (Å²) in [5.41, 5.74) is 1.40. The number of benzene rings is 2. The van der Waals surface area contributed by atoms with Crippen LogP contribution in [0.3, 0.4) is 0 Å². The number of nitrogens with zero attached hydrogens (tertiary/aromatic N) is 4. The van der Waals surface area contributed by atoms with Gasteiger partial charge in [0, 0.05) is 22.5 Å². The highest BCUT2D eigenvalue weighted by Gasteiger charge is 2.15. The van der Waals surface area contributed by atoms with Gasteiger partial charge in [-0.25, -0.2) is 9.37 Å². The van der Waals surface area contributed by atoms with Crippen LogP contribution in [-0.4, -0.2) is 31.4 Å². The maximum Gasteiger partial charge on any atom is 0.236 e. The summed E-state index contributed by atoms with van der Waals surface area (Å²) in [6.45, 7) is 2.74. The second-order valence-electron chi connectivity index (χ2n) is 6.88. The number of nitrogens with one attached hydrogen (secondary N) is 1.